The molecule has 0 radical (unpaired) electrons. The highest BCUT2D eigenvalue weighted by Gasteiger charge is 2.30. The molecule has 2 aromatic carbocycles. The number of hydrogen-bond donors (Lipinski definition) is 3. The number of carboxylic acids is 1. The van der Waals surface area contributed by atoms with Gasteiger partial charge in [-0.25, -0.2) is 4.79 Å². The average molecular weight is 477 g/mol. The summed E-state index contributed by atoms with van der Waals surface area (Å²) in [5.41, 5.74) is 4.93. The summed E-state index contributed by atoms with van der Waals surface area (Å²) in [6, 6.07) is 15.1. The fraction of sp³-hybridized carbons (Fsp3) is 0.308. The van der Waals surface area contributed by atoms with Crippen LogP contribution in [0.25, 0.3) is 11.1 Å². The molecule has 0 bridgehead atoms. The molecular formula is C26H28N4O5. The molecule has 9 nitrogen and oxygen atoms in total. The summed E-state index contributed by atoms with van der Waals surface area (Å²) >= 11 is 0. The van der Waals surface area contributed by atoms with E-state index in [1.807, 2.05) is 36.4 Å². The highest BCUT2D eigenvalue weighted by atomic mass is 16.5. The first-order chi connectivity index (χ1) is 16.8. The molecule has 9 heteroatoms. The number of carbonyl (C=O) groups excluding carboxylic acids is 2. The number of alkyl carbamates (subject to hydrolysis) is 1. The van der Waals surface area contributed by atoms with Crippen molar-refractivity contribution in [1.82, 2.24) is 20.4 Å². The standard InChI is InChI=1S/C26H28N4O5/c1-16(11-23(31)32)12-27-25(33)24(17-13-28-30(2)14-17)29-26(34)35-15-22-20-9-5-3-7-18(20)19-8-4-6-10-21(19)22/h3-10,13-14,16,22,24H,11-12,15H2,1-2H3,(H,27,33)(H,29,34)(H,31,32). The molecule has 3 N–H and O–H groups in total. The zero-order chi connectivity index (χ0) is 24.9. The molecule has 1 aromatic heterocycles. The first-order valence-electron chi connectivity index (χ1n) is 11.4. The molecule has 2 unspecified atom stereocenters. The molecule has 182 valence electrons. The van der Waals surface area contributed by atoms with Crippen molar-refractivity contribution in [1.29, 1.82) is 0 Å². The van der Waals surface area contributed by atoms with E-state index in [4.69, 9.17) is 9.84 Å². The van der Waals surface area contributed by atoms with E-state index in [0.717, 1.165) is 22.3 Å². The SMILES string of the molecule is CC(CNC(=O)C(NC(=O)OCC1c2ccccc2-c2ccccc21)c1cnn(C)c1)CC(=O)O. The van der Waals surface area contributed by atoms with Gasteiger partial charge in [-0.05, 0) is 28.2 Å². The Morgan fingerprint density at radius 1 is 1.09 bits per heavy atom. The van der Waals surface area contributed by atoms with Crippen molar-refractivity contribution in [2.24, 2.45) is 13.0 Å². The van der Waals surface area contributed by atoms with Gasteiger partial charge in [0.15, 0.2) is 0 Å². The van der Waals surface area contributed by atoms with Gasteiger partial charge in [0.25, 0.3) is 0 Å². The predicted octanol–water partition coefficient (Wildman–Crippen LogP) is 3.23. The van der Waals surface area contributed by atoms with Gasteiger partial charge < -0.3 is 20.5 Å². The van der Waals surface area contributed by atoms with Gasteiger partial charge in [0.05, 0.1) is 6.20 Å². The van der Waals surface area contributed by atoms with Crippen LogP contribution in [-0.4, -0.2) is 46.0 Å². The number of benzene rings is 2. The predicted molar refractivity (Wildman–Crippen MR) is 129 cm³/mol. The minimum Gasteiger partial charge on any atom is -0.481 e. The number of aliphatic carboxylic acids is 1. The van der Waals surface area contributed by atoms with E-state index in [2.05, 4.69) is 27.9 Å². The Kier molecular flexibility index (Phi) is 7.14. The van der Waals surface area contributed by atoms with Crippen molar-refractivity contribution < 1.29 is 24.2 Å². The first kappa shape index (κ1) is 24.0. The third-order valence-corrected chi connectivity index (χ3v) is 6.07. The highest BCUT2D eigenvalue weighted by Crippen LogP contribution is 2.44. The summed E-state index contributed by atoms with van der Waals surface area (Å²) in [6.45, 7) is 2.01. The van der Waals surface area contributed by atoms with Crippen LogP contribution < -0.4 is 10.6 Å². The van der Waals surface area contributed by atoms with Crippen LogP contribution in [-0.2, 0) is 21.4 Å². The van der Waals surface area contributed by atoms with Gasteiger partial charge in [0.1, 0.15) is 12.6 Å². The number of ether oxygens (including phenoxy) is 1. The zero-order valence-corrected chi connectivity index (χ0v) is 19.6. The largest absolute Gasteiger partial charge is 0.481 e. The van der Waals surface area contributed by atoms with Crippen LogP contribution in [0.2, 0.25) is 0 Å². The van der Waals surface area contributed by atoms with Gasteiger partial charge in [0, 0.05) is 37.7 Å². The lowest BCUT2D eigenvalue weighted by atomic mass is 9.98. The maximum absolute atomic E-state index is 12.9. The number of amides is 2. The normalized spacial score (nSPS) is 13.9. The highest BCUT2D eigenvalue weighted by molar-refractivity contribution is 5.87. The van der Waals surface area contributed by atoms with E-state index in [9.17, 15) is 14.4 Å². The number of hydrogen-bond acceptors (Lipinski definition) is 5. The van der Waals surface area contributed by atoms with Crippen molar-refractivity contribution in [2.45, 2.75) is 25.3 Å². The van der Waals surface area contributed by atoms with Gasteiger partial charge in [-0.15, -0.1) is 0 Å². The number of rotatable bonds is 9. The van der Waals surface area contributed by atoms with E-state index in [1.165, 1.54) is 10.9 Å². The van der Waals surface area contributed by atoms with Crippen LogP contribution in [0.1, 0.15) is 42.0 Å². The fourth-order valence-electron chi connectivity index (χ4n) is 4.39. The number of nitrogens with one attached hydrogen (secondary N) is 2. The van der Waals surface area contributed by atoms with Crippen LogP contribution in [0.15, 0.2) is 60.9 Å². The van der Waals surface area contributed by atoms with Gasteiger partial charge in [-0.2, -0.15) is 5.10 Å². The maximum atomic E-state index is 12.9. The molecule has 3 aromatic rings. The molecular weight excluding hydrogens is 448 g/mol. The maximum Gasteiger partial charge on any atom is 0.408 e. The molecule has 0 fully saturated rings. The van der Waals surface area contributed by atoms with Crippen molar-refractivity contribution in [3.63, 3.8) is 0 Å². The quantitative estimate of drug-likeness (QED) is 0.436. The van der Waals surface area contributed by atoms with E-state index >= 15 is 0 Å². The van der Waals surface area contributed by atoms with Crippen LogP contribution >= 0.6 is 0 Å². The van der Waals surface area contributed by atoms with Crippen molar-refractivity contribution in [3.8, 4) is 11.1 Å². The third kappa shape index (κ3) is 5.51. The number of aromatic nitrogens is 2. The van der Waals surface area contributed by atoms with E-state index in [0.29, 0.717) is 5.56 Å². The molecule has 0 saturated carbocycles. The average Bonchev–Trinajstić information content (AvgIpc) is 3.40. The number of aryl methyl sites for hydroxylation is 1. The van der Waals surface area contributed by atoms with E-state index in [1.54, 1.807) is 20.2 Å². The Morgan fingerprint density at radius 2 is 1.71 bits per heavy atom. The topological polar surface area (TPSA) is 123 Å². The Balaban J connectivity index is 1.43. The van der Waals surface area contributed by atoms with Gasteiger partial charge in [-0.3, -0.25) is 14.3 Å². The van der Waals surface area contributed by atoms with Crippen LogP contribution in [0.5, 0.6) is 0 Å². The number of fused-ring (bicyclic) bond motifs is 3. The summed E-state index contributed by atoms with van der Waals surface area (Å²) in [5, 5.41) is 18.4. The van der Waals surface area contributed by atoms with E-state index < -0.39 is 24.0 Å². The summed E-state index contributed by atoms with van der Waals surface area (Å²) < 4.78 is 7.12. The monoisotopic (exact) mass is 476 g/mol. The zero-order valence-electron chi connectivity index (χ0n) is 19.6. The lowest BCUT2D eigenvalue weighted by Gasteiger charge is -2.20. The van der Waals surface area contributed by atoms with Crippen LogP contribution in [0.3, 0.4) is 0 Å². The molecule has 1 aliphatic rings. The Hall–Kier alpha value is -4.14. The van der Waals surface area contributed by atoms with E-state index in [-0.39, 0.29) is 31.4 Å². The summed E-state index contributed by atoms with van der Waals surface area (Å²) in [7, 11) is 1.71. The number of carboxylic acid groups (broad SMARTS) is 1. The number of nitrogens with zero attached hydrogens (tertiary/aromatic N) is 2. The minimum atomic E-state index is -1.03. The van der Waals surface area contributed by atoms with Crippen LogP contribution in [0, 0.1) is 5.92 Å². The molecule has 1 heterocycles. The molecule has 0 aliphatic heterocycles. The second-order valence-corrected chi connectivity index (χ2v) is 8.80. The van der Waals surface area contributed by atoms with Gasteiger partial charge in [0.2, 0.25) is 5.91 Å². The van der Waals surface area contributed by atoms with Crippen LogP contribution in [0.4, 0.5) is 4.79 Å². The van der Waals surface area contributed by atoms with Crippen molar-refractivity contribution in [3.05, 3.63) is 77.6 Å². The Labute approximate surface area is 203 Å². The summed E-state index contributed by atoms with van der Waals surface area (Å²) in [6.07, 6.45) is 2.33. The molecule has 4 rings (SSSR count). The Morgan fingerprint density at radius 3 is 2.29 bits per heavy atom. The smallest absolute Gasteiger partial charge is 0.408 e. The molecule has 0 saturated heterocycles. The lowest BCUT2D eigenvalue weighted by Crippen LogP contribution is -2.42. The first-order valence-corrected chi connectivity index (χ1v) is 11.4. The summed E-state index contributed by atoms with van der Waals surface area (Å²) in [4.78, 5) is 36.6. The second-order valence-electron chi connectivity index (χ2n) is 8.80. The lowest BCUT2D eigenvalue weighted by molar-refractivity contribution is -0.138. The third-order valence-electron chi connectivity index (χ3n) is 6.07. The van der Waals surface area contributed by atoms with Gasteiger partial charge in [-0.1, -0.05) is 55.5 Å². The summed E-state index contributed by atoms with van der Waals surface area (Å²) in [5.74, 6) is -1.77. The van der Waals surface area contributed by atoms with Crippen molar-refractivity contribution in [2.75, 3.05) is 13.2 Å². The minimum absolute atomic E-state index is 0.0718. The second kappa shape index (κ2) is 10.4. The molecule has 2 atom stereocenters. The van der Waals surface area contributed by atoms with Crippen molar-refractivity contribution >= 4 is 18.0 Å². The molecule has 1 aliphatic carbocycles. The fourth-order valence-corrected chi connectivity index (χ4v) is 4.39. The molecule has 2 amide bonds. The molecule has 0 spiro atoms. The molecule has 35 heavy (non-hydrogen) atoms. The van der Waals surface area contributed by atoms with Gasteiger partial charge >= 0.3 is 12.1 Å². The number of carbonyl (C=O) groups is 3. The Bertz CT molecular complexity index is 1190.